The molecule has 0 saturated heterocycles. The van der Waals surface area contributed by atoms with Gasteiger partial charge in [-0.05, 0) is 47.5 Å². The number of benzene rings is 2. The third-order valence-corrected chi connectivity index (χ3v) is 6.11. The van der Waals surface area contributed by atoms with E-state index in [0.29, 0.717) is 11.4 Å². The van der Waals surface area contributed by atoms with Gasteiger partial charge in [-0.25, -0.2) is 22.8 Å². The number of hydrogen-bond acceptors (Lipinski definition) is 6. The number of halogens is 1. The minimum atomic E-state index is -3.85. The molecule has 31 heavy (non-hydrogen) atoms. The molecule has 2 heterocycles. The zero-order valence-electron chi connectivity index (χ0n) is 15.9. The second-order valence-electron chi connectivity index (χ2n) is 6.57. The van der Waals surface area contributed by atoms with Gasteiger partial charge in [-0.3, -0.25) is 4.79 Å². The number of rotatable bonds is 5. The molecular weight excluding hydrogens is 421 g/mol. The lowest BCUT2D eigenvalue weighted by molar-refractivity contribution is 0.102. The van der Waals surface area contributed by atoms with Crippen LogP contribution in [0.1, 0.15) is 10.4 Å². The third kappa shape index (κ3) is 4.14. The highest BCUT2D eigenvalue weighted by Crippen LogP contribution is 2.28. The van der Waals surface area contributed by atoms with Crippen molar-refractivity contribution in [3.63, 3.8) is 0 Å². The van der Waals surface area contributed by atoms with Crippen molar-refractivity contribution in [2.75, 3.05) is 11.1 Å². The summed E-state index contributed by atoms with van der Waals surface area (Å²) in [4.78, 5) is 22.7. The maximum Gasteiger partial charge on any atom is 0.257 e. The number of imidazole rings is 1. The Morgan fingerprint density at radius 2 is 1.74 bits per heavy atom. The largest absolute Gasteiger partial charge is 0.397 e. The first-order valence-corrected chi connectivity index (χ1v) is 10.5. The maximum atomic E-state index is 13.2. The summed E-state index contributed by atoms with van der Waals surface area (Å²) < 4.78 is 38.0. The monoisotopic (exact) mass is 437 g/mol. The molecule has 0 fully saturated rings. The van der Waals surface area contributed by atoms with Crippen molar-refractivity contribution < 1.29 is 17.6 Å². The highest BCUT2D eigenvalue weighted by Gasteiger charge is 2.21. The minimum absolute atomic E-state index is 0.0948. The Balaban J connectivity index is 1.56. The molecule has 2 aromatic heterocycles. The van der Waals surface area contributed by atoms with E-state index >= 15 is 0 Å². The molecule has 8 nitrogen and oxygen atoms in total. The molecule has 0 bridgehead atoms. The molecule has 156 valence electrons. The third-order valence-electron chi connectivity index (χ3n) is 4.52. The molecule has 0 atom stereocenters. The lowest BCUT2D eigenvalue weighted by Gasteiger charge is -2.11. The van der Waals surface area contributed by atoms with Crippen LogP contribution in [0.15, 0.2) is 83.4 Å². The van der Waals surface area contributed by atoms with Crippen molar-refractivity contribution >= 4 is 27.1 Å². The van der Waals surface area contributed by atoms with Crippen LogP contribution in [0.3, 0.4) is 0 Å². The van der Waals surface area contributed by atoms with E-state index in [1.807, 2.05) is 0 Å². The number of anilines is 2. The van der Waals surface area contributed by atoms with Crippen LogP contribution in [-0.2, 0) is 9.84 Å². The number of aromatic nitrogens is 3. The first-order valence-electron chi connectivity index (χ1n) is 9.01. The predicted molar refractivity (Wildman–Crippen MR) is 112 cm³/mol. The van der Waals surface area contributed by atoms with Gasteiger partial charge in [-0.15, -0.1) is 0 Å². The number of amides is 1. The number of H-pyrrole nitrogens is 1. The molecule has 4 aromatic rings. The van der Waals surface area contributed by atoms with Gasteiger partial charge < -0.3 is 16.0 Å². The molecule has 2 aromatic carbocycles. The topological polar surface area (TPSA) is 131 Å². The summed E-state index contributed by atoms with van der Waals surface area (Å²) in [7, 11) is -3.85. The van der Waals surface area contributed by atoms with Gasteiger partial charge in [0, 0.05) is 6.20 Å². The number of pyridine rings is 1. The van der Waals surface area contributed by atoms with Gasteiger partial charge in [0.05, 0.1) is 29.5 Å². The smallest absolute Gasteiger partial charge is 0.257 e. The molecule has 0 aliphatic carbocycles. The van der Waals surface area contributed by atoms with Crippen LogP contribution in [0, 0.1) is 5.82 Å². The number of aromatic amines is 1. The van der Waals surface area contributed by atoms with Crippen molar-refractivity contribution in [3.05, 3.63) is 84.7 Å². The fraction of sp³-hybridized carbons (Fsp3) is 0. The fourth-order valence-corrected chi connectivity index (χ4v) is 3.93. The van der Waals surface area contributed by atoms with Gasteiger partial charge >= 0.3 is 0 Å². The summed E-state index contributed by atoms with van der Waals surface area (Å²) in [5.41, 5.74) is 8.32. The second-order valence-corrected chi connectivity index (χ2v) is 8.43. The van der Waals surface area contributed by atoms with Gasteiger partial charge in [0.15, 0.2) is 10.1 Å². The Bertz CT molecular complexity index is 1340. The predicted octanol–water partition coefficient (Wildman–Crippen LogP) is 3.28. The van der Waals surface area contributed by atoms with E-state index in [2.05, 4.69) is 20.3 Å². The summed E-state index contributed by atoms with van der Waals surface area (Å²) in [6.45, 7) is 0. The quantitative estimate of drug-likeness (QED) is 0.411. The van der Waals surface area contributed by atoms with Crippen molar-refractivity contribution in [2.24, 2.45) is 0 Å². The van der Waals surface area contributed by atoms with Crippen LogP contribution in [0.4, 0.5) is 15.8 Å². The number of sulfone groups is 1. The van der Waals surface area contributed by atoms with Crippen molar-refractivity contribution in [1.29, 1.82) is 0 Å². The van der Waals surface area contributed by atoms with E-state index in [1.54, 1.807) is 30.3 Å². The molecule has 4 N–H and O–H groups in total. The molecule has 0 spiro atoms. The highest BCUT2D eigenvalue weighted by molar-refractivity contribution is 7.91. The molecular formula is C21H16FN5O3S. The minimum Gasteiger partial charge on any atom is -0.397 e. The van der Waals surface area contributed by atoms with Crippen LogP contribution in [0.2, 0.25) is 0 Å². The molecule has 0 aliphatic rings. The zero-order chi connectivity index (χ0) is 22.0. The van der Waals surface area contributed by atoms with Gasteiger partial charge in [0.2, 0.25) is 9.84 Å². The normalized spacial score (nSPS) is 11.3. The van der Waals surface area contributed by atoms with Crippen molar-refractivity contribution in [1.82, 2.24) is 15.0 Å². The number of carbonyl (C=O) groups excluding carboxylic acids is 1. The number of carbonyl (C=O) groups is 1. The lowest BCUT2D eigenvalue weighted by atomic mass is 10.0. The van der Waals surface area contributed by atoms with E-state index in [0.717, 1.165) is 11.1 Å². The molecule has 0 radical (unpaired) electrons. The number of nitrogens with zero attached hydrogens (tertiary/aromatic N) is 2. The van der Waals surface area contributed by atoms with Gasteiger partial charge in [-0.1, -0.05) is 18.2 Å². The standard InChI is InChI=1S/C21H16FN5O3S/c22-16-5-1-13(2-6-16)14-3-7-17(23)18(9-14)27-21(28)15-4-8-19(25-10-15)31(29,30)20-11-24-12-26-20/h1-12H,23H2,(H,24,26)(H,27,28). The van der Waals surface area contributed by atoms with Crippen LogP contribution in [0.25, 0.3) is 11.1 Å². The first-order chi connectivity index (χ1) is 14.8. The van der Waals surface area contributed by atoms with Crippen LogP contribution in [-0.4, -0.2) is 29.3 Å². The van der Waals surface area contributed by atoms with Crippen molar-refractivity contribution in [2.45, 2.75) is 10.1 Å². The van der Waals surface area contributed by atoms with E-state index in [-0.39, 0.29) is 21.4 Å². The van der Waals surface area contributed by atoms with E-state index in [4.69, 9.17) is 5.73 Å². The van der Waals surface area contributed by atoms with E-state index in [9.17, 15) is 17.6 Å². The Hall–Kier alpha value is -4.05. The molecule has 10 heteroatoms. The van der Waals surface area contributed by atoms with E-state index in [1.165, 1.54) is 43.0 Å². The zero-order valence-corrected chi connectivity index (χ0v) is 16.7. The fourth-order valence-electron chi connectivity index (χ4n) is 2.86. The highest BCUT2D eigenvalue weighted by atomic mass is 32.2. The van der Waals surface area contributed by atoms with E-state index < -0.39 is 15.7 Å². The lowest BCUT2D eigenvalue weighted by Crippen LogP contribution is -2.14. The SMILES string of the molecule is Nc1ccc(-c2ccc(F)cc2)cc1NC(=O)c1ccc(S(=O)(=O)c2cnc[nH]2)nc1. The van der Waals surface area contributed by atoms with Crippen LogP contribution in [0.5, 0.6) is 0 Å². The summed E-state index contributed by atoms with van der Waals surface area (Å²) >= 11 is 0. The Morgan fingerprint density at radius 3 is 2.39 bits per heavy atom. The van der Waals surface area contributed by atoms with Crippen molar-refractivity contribution in [3.8, 4) is 11.1 Å². The Labute approximate surface area is 176 Å². The number of nitrogens with one attached hydrogen (secondary N) is 2. The summed E-state index contributed by atoms with van der Waals surface area (Å²) in [5, 5.41) is 2.38. The number of hydrogen-bond donors (Lipinski definition) is 3. The summed E-state index contributed by atoms with van der Waals surface area (Å²) in [6.07, 6.45) is 3.59. The molecule has 0 aliphatic heterocycles. The van der Waals surface area contributed by atoms with Gasteiger partial charge in [-0.2, -0.15) is 0 Å². The summed E-state index contributed by atoms with van der Waals surface area (Å²) in [5.74, 6) is -0.862. The maximum absolute atomic E-state index is 13.2. The van der Waals surface area contributed by atoms with Gasteiger partial charge in [0.1, 0.15) is 5.82 Å². The van der Waals surface area contributed by atoms with Crippen LogP contribution < -0.4 is 11.1 Å². The summed E-state index contributed by atoms with van der Waals surface area (Å²) in [6, 6.07) is 13.6. The molecule has 4 rings (SSSR count). The second kappa shape index (κ2) is 8.00. The van der Waals surface area contributed by atoms with Gasteiger partial charge in [0.25, 0.3) is 5.91 Å². The average Bonchev–Trinajstić information content (AvgIpc) is 3.32. The molecule has 0 unspecified atom stereocenters. The Kier molecular flexibility index (Phi) is 5.22. The van der Waals surface area contributed by atoms with Crippen LogP contribution >= 0.6 is 0 Å². The Morgan fingerprint density at radius 1 is 1.00 bits per heavy atom. The molecule has 0 saturated carbocycles. The first kappa shape index (κ1) is 20.2. The number of nitrogen functional groups attached to an aromatic ring is 1. The molecule has 1 amide bonds. The average molecular weight is 437 g/mol. The number of nitrogens with two attached hydrogens (primary N) is 1.